The predicted octanol–water partition coefficient (Wildman–Crippen LogP) is 2.01. The summed E-state index contributed by atoms with van der Waals surface area (Å²) in [5.41, 5.74) is 1.25. The van der Waals surface area contributed by atoms with Gasteiger partial charge < -0.3 is 15.2 Å². The van der Waals surface area contributed by atoms with Gasteiger partial charge in [-0.1, -0.05) is 30.3 Å². The number of aromatic nitrogens is 1. The molecule has 0 saturated heterocycles. The minimum atomic E-state index is -0.467. The van der Waals surface area contributed by atoms with Crippen molar-refractivity contribution in [3.05, 3.63) is 59.8 Å². The zero-order valence-corrected chi connectivity index (χ0v) is 11.1. The topological polar surface area (TPSA) is 71.5 Å². The van der Waals surface area contributed by atoms with Crippen molar-refractivity contribution in [2.75, 3.05) is 19.0 Å². The molecule has 2 aromatic rings. The number of carbonyl (C=O) groups is 1. The highest BCUT2D eigenvalue weighted by molar-refractivity contribution is 5.94. The smallest absolute Gasteiger partial charge is 0.341 e. The summed E-state index contributed by atoms with van der Waals surface area (Å²) in [6.07, 6.45) is 1.58. The van der Waals surface area contributed by atoms with Gasteiger partial charge >= 0.3 is 5.97 Å². The van der Waals surface area contributed by atoms with Gasteiger partial charge in [-0.15, -0.1) is 0 Å². The zero-order chi connectivity index (χ0) is 14.4. The maximum Gasteiger partial charge on any atom is 0.341 e. The van der Waals surface area contributed by atoms with Crippen molar-refractivity contribution in [1.29, 1.82) is 0 Å². The number of anilines is 1. The zero-order valence-electron chi connectivity index (χ0n) is 11.1. The molecule has 5 nitrogen and oxygen atoms in total. The molecule has 0 aliphatic heterocycles. The number of ether oxygens (including phenoxy) is 1. The molecule has 0 amide bonds. The third-order valence-corrected chi connectivity index (χ3v) is 2.91. The van der Waals surface area contributed by atoms with E-state index in [1.807, 2.05) is 30.3 Å². The SMILES string of the molecule is COC(=O)c1cccnc1NC(CO)c1ccccc1. The molecule has 2 N–H and O–H groups in total. The fourth-order valence-corrected chi connectivity index (χ4v) is 1.88. The van der Waals surface area contributed by atoms with E-state index >= 15 is 0 Å². The number of aliphatic hydroxyl groups excluding tert-OH is 1. The van der Waals surface area contributed by atoms with Crippen molar-refractivity contribution in [3.63, 3.8) is 0 Å². The number of hydrogen-bond donors (Lipinski definition) is 2. The Kier molecular flexibility index (Phi) is 4.68. The van der Waals surface area contributed by atoms with Crippen LogP contribution in [0.5, 0.6) is 0 Å². The molecule has 0 fully saturated rings. The number of pyridine rings is 1. The number of nitrogens with zero attached hydrogens (tertiary/aromatic N) is 1. The Morgan fingerprint density at radius 2 is 2.05 bits per heavy atom. The van der Waals surface area contributed by atoms with E-state index in [1.54, 1.807) is 18.3 Å². The van der Waals surface area contributed by atoms with E-state index in [0.717, 1.165) is 5.56 Å². The molecular weight excluding hydrogens is 256 g/mol. The molecule has 0 spiro atoms. The van der Waals surface area contributed by atoms with Crippen molar-refractivity contribution in [1.82, 2.24) is 4.98 Å². The summed E-state index contributed by atoms with van der Waals surface area (Å²) in [5, 5.41) is 12.6. The van der Waals surface area contributed by atoms with Crippen molar-refractivity contribution >= 4 is 11.8 Å². The summed E-state index contributed by atoms with van der Waals surface area (Å²) < 4.78 is 4.72. The van der Waals surface area contributed by atoms with E-state index in [-0.39, 0.29) is 12.6 Å². The van der Waals surface area contributed by atoms with Crippen LogP contribution in [0.1, 0.15) is 22.0 Å². The summed E-state index contributed by atoms with van der Waals surface area (Å²) in [5.74, 6) is -0.0763. The number of aliphatic hydroxyl groups is 1. The van der Waals surface area contributed by atoms with E-state index in [1.165, 1.54) is 7.11 Å². The lowest BCUT2D eigenvalue weighted by Crippen LogP contribution is -2.18. The van der Waals surface area contributed by atoms with Gasteiger partial charge in [-0.3, -0.25) is 0 Å². The average molecular weight is 272 g/mol. The summed E-state index contributed by atoms with van der Waals surface area (Å²) in [7, 11) is 1.32. The van der Waals surface area contributed by atoms with E-state index in [0.29, 0.717) is 11.4 Å². The Hall–Kier alpha value is -2.40. The average Bonchev–Trinajstić information content (AvgIpc) is 2.53. The quantitative estimate of drug-likeness (QED) is 0.815. The molecule has 0 aliphatic rings. The van der Waals surface area contributed by atoms with Gasteiger partial charge in [0.05, 0.1) is 19.8 Å². The molecule has 20 heavy (non-hydrogen) atoms. The Morgan fingerprint density at radius 3 is 2.70 bits per heavy atom. The van der Waals surface area contributed by atoms with Crippen molar-refractivity contribution < 1.29 is 14.6 Å². The van der Waals surface area contributed by atoms with Gasteiger partial charge in [-0.2, -0.15) is 0 Å². The lowest BCUT2D eigenvalue weighted by atomic mass is 10.1. The number of methoxy groups -OCH3 is 1. The summed E-state index contributed by atoms with van der Waals surface area (Å²) >= 11 is 0. The van der Waals surface area contributed by atoms with Gasteiger partial charge in [0.1, 0.15) is 11.4 Å². The molecule has 1 atom stereocenters. The fourth-order valence-electron chi connectivity index (χ4n) is 1.88. The molecule has 1 aromatic heterocycles. The Labute approximate surface area is 117 Å². The summed E-state index contributed by atoms with van der Waals surface area (Å²) in [4.78, 5) is 15.8. The van der Waals surface area contributed by atoms with Crippen LogP contribution in [0.3, 0.4) is 0 Å². The van der Waals surface area contributed by atoms with E-state index in [4.69, 9.17) is 4.74 Å². The van der Waals surface area contributed by atoms with E-state index < -0.39 is 5.97 Å². The number of esters is 1. The largest absolute Gasteiger partial charge is 0.465 e. The second kappa shape index (κ2) is 6.68. The minimum absolute atomic E-state index is 0.110. The van der Waals surface area contributed by atoms with Crippen LogP contribution >= 0.6 is 0 Å². The lowest BCUT2D eigenvalue weighted by Gasteiger charge is -2.18. The molecular formula is C15H16N2O3. The number of benzene rings is 1. The fraction of sp³-hybridized carbons (Fsp3) is 0.200. The Balaban J connectivity index is 2.26. The lowest BCUT2D eigenvalue weighted by molar-refractivity contribution is 0.0601. The molecule has 1 heterocycles. The first-order valence-corrected chi connectivity index (χ1v) is 6.22. The number of carbonyl (C=O) groups excluding carboxylic acids is 1. The highest BCUT2D eigenvalue weighted by atomic mass is 16.5. The number of rotatable bonds is 5. The Bertz CT molecular complexity index is 572. The van der Waals surface area contributed by atoms with Crippen LogP contribution in [0.15, 0.2) is 48.7 Å². The molecule has 0 aliphatic carbocycles. The third kappa shape index (κ3) is 3.13. The highest BCUT2D eigenvalue weighted by Crippen LogP contribution is 2.20. The van der Waals surface area contributed by atoms with Crippen molar-refractivity contribution in [3.8, 4) is 0 Å². The second-order valence-electron chi connectivity index (χ2n) is 4.18. The second-order valence-corrected chi connectivity index (χ2v) is 4.18. The molecule has 1 unspecified atom stereocenters. The maximum absolute atomic E-state index is 11.7. The van der Waals surface area contributed by atoms with Crippen LogP contribution in [0.2, 0.25) is 0 Å². The summed E-state index contributed by atoms with van der Waals surface area (Å²) in [6.45, 7) is -0.110. The first-order valence-electron chi connectivity index (χ1n) is 6.22. The van der Waals surface area contributed by atoms with Gasteiger partial charge in [-0.05, 0) is 17.7 Å². The molecule has 0 saturated carbocycles. The maximum atomic E-state index is 11.7. The van der Waals surface area contributed by atoms with Crippen molar-refractivity contribution in [2.24, 2.45) is 0 Å². The summed E-state index contributed by atoms with van der Waals surface area (Å²) in [6, 6.07) is 12.4. The van der Waals surface area contributed by atoms with Gasteiger partial charge in [-0.25, -0.2) is 9.78 Å². The normalized spacial score (nSPS) is 11.7. The molecule has 0 bridgehead atoms. The minimum Gasteiger partial charge on any atom is -0.465 e. The standard InChI is InChI=1S/C15H16N2O3/c1-20-15(19)12-8-5-9-16-14(12)17-13(10-18)11-6-3-2-4-7-11/h2-9,13,18H,10H2,1H3,(H,16,17). The van der Waals surface area contributed by atoms with Gasteiger partial charge in [0.25, 0.3) is 0 Å². The molecule has 1 aromatic carbocycles. The van der Waals surface area contributed by atoms with Gasteiger partial charge in [0.15, 0.2) is 0 Å². The Morgan fingerprint density at radius 1 is 1.30 bits per heavy atom. The first kappa shape index (κ1) is 14.0. The van der Waals surface area contributed by atoms with Crippen LogP contribution in [0.4, 0.5) is 5.82 Å². The van der Waals surface area contributed by atoms with Gasteiger partial charge in [0.2, 0.25) is 0 Å². The number of nitrogens with one attached hydrogen (secondary N) is 1. The van der Waals surface area contributed by atoms with Crippen LogP contribution in [0, 0.1) is 0 Å². The molecule has 2 rings (SSSR count). The van der Waals surface area contributed by atoms with Crippen LogP contribution in [-0.4, -0.2) is 29.8 Å². The van der Waals surface area contributed by atoms with Crippen LogP contribution in [-0.2, 0) is 4.74 Å². The number of hydrogen-bond acceptors (Lipinski definition) is 5. The van der Waals surface area contributed by atoms with Gasteiger partial charge in [0, 0.05) is 6.20 Å². The monoisotopic (exact) mass is 272 g/mol. The molecule has 104 valence electrons. The van der Waals surface area contributed by atoms with E-state index in [9.17, 15) is 9.90 Å². The first-order chi connectivity index (χ1) is 9.76. The van der Waals surface area contributed by atoms with Crippen LogP contribution in [0.25, 0.3) is 0 Å². The molecule has 5 heteroatoms. The van der Waals surface area contributed by atoms with Crippen molar-refractivity contribution in [2.45, 2.75) is 6.04 Å². The van der Waals surface area contributed by atoms with Crippen LogP contribution < -0.4 is 5.32 Å². The highest BCUT2D eigenvalue weighted by Gasteiger charge is 2.16. The predicted molar refractivity (Wildman–Crippen MR) is 75.5 cm³/mol. The van der Waals surface area contributed by atoms with E-state index in [2.05, 4.69) is 10.3 Å². The third-order valence-electron chi connectivity index (χ3n) is 2.91. The molecule has 0 radical (unpaired) electrons.